The van der Waals surface area contributed by atoms with Crippen molar-refractivity contribution >= 4 is 24.9 Å². The van der Waals surface area contributed by atoms with Crippen LogP contribution < -0.4 is 9.61 Å². The summed E-state index contributed by atoms with van der Waals surface area (Å²) in [5, 5.41) is 3.37. The number of hydrogen-bond acceptors (Lipinski definition) is 3. The number of hydrogen-bond donors (Lipinski definition) is 1. The van der Waals surface area contributed by atoms with E-state index in [-0.39, 0.29) is 0 Å². The summed E-state index contributed by atoms with van der Waals surface area (Å²) in [6.45, 7) is 1.50. The second-order valence-corrected chi connectivity index (χ2v) is 6.25. The van der Waals surface area contributed by atoms with Crippen LogP contribution in [0.2, 0.25) is 5.02 Å². The molecule has 0 aliphatic rings. The van der Waals surface area contributed by atoms with Crippen molar-refractivity contribution in [1.29, 1.82) is 0 Å². The Bertz CT molecular complexity index is 560. The maximum atomic E-state index is 12.2. The van der Waals surface area contributed by atoms with E-state index in [9.17, 15) is 4.57 Å². The summed E-state index contributed by atoms with van der Waals surface area (Å²) in [7, 11) is -3.01. The molecule has 1 aromatic heterocycles. The fourth-order valence-corrected chi connectivity index (χ4v) is 2.60. The Morgan fingerprint density at radius 2 is 1.94 bits per heavy atom. The van der Waals surface area contributed by atoms with E-state index in [0.717, 1.165) is 0 Å². The van der Waals surface area contributed by atoms with Crippen molar-refractivity contribution in [3.63, 3.8) is 0 Å². The van der Waals surface area contributed by atoms with Gasteiger partial charge in [-0.25, -0.2) is 4.98 Å². The first-order chi connectivity index (χ1) is 8.55. The monoisotopic (exact) mass is 282 g/mol. The topological polar surface area (TPSA) is 51.2 Å². The highest BCUT2D eigenvalue weighted by atomic mass is 35.5. The van der Waals surface area contributed by atoms with Crippen LogP contribution in [0.4, 0.5) is 5.82 Å². The normalized spacial score (nSPS) is 13.7. The van der Waals surface area contributed by atoms with Gasteiger partial charge in [-0.3, -0.25) is 9.65 Å². The zero-order valence-electron chi connectivity index (χ0n) is 9.71. The van der Waals surface area contributed by atoms with Crippen molar-refractivity contribution < 1.29 is 9.09 Å². The van der Waals surface area contributed by atoms with Gasteiger partial charge in [0, 0.05) is 17.9 Å². The van der Waals surface area contributed by atoms with Gasteiger partial charge in [-0.2, -0.15) is 0 Å². The number of rotatable bonds is 4. The zero-order valence-corrected chi connectivity index (χ0v) is 11.4. The minimum absolute atomic E-state index is 0.494. The predicted octanol–water partition coefficient (Wildman–Crippen LogP) is 4.05. The molecule has 1 atom stereocenters. The quantitative estimate of drug-likeness (QED) is 0.860. The van der Waals surface area contributed by atoms with Gasteiger partial charge in [0.2, 0.25) is 0 Å². The molecule has 0 radical (unpaired) electrons. The summed E-state index contributed by atoms with van der Waals surface area (Å²) in [5.41, 5.74) is 0. The molecule has 0 bridgehead atoms. The summed E-state index contributed by atoms with van der Waals surface area (Å²) in [6.07, 6.45) is 1.62. The van der Waals surface area contributed by atoms with Gasteiger partial charge in [0.15, 0.2) is 0 Å². The highest BCUT2D eigenvalue weighted by molar-refractivity contribution is 7.60. The summed E-state index contributed by atoms with van der Waals surface area (Å²) in [5.74, 6) is 1.01. The van der Waals surface area contributed by atoms with Gasteiger partial charge in [-0.1, -0.05) is 17.7 Å². The maximum absolute atomic E-state index is 12.2. The van der Waals surface area contributed by atoms with Gasteiger partial charge in [0.05, 0.1) is 0 Å². The van der Waals surface area contributed by atoms with Gasteiger partial charge >= 0.3 is 7.52 Å². The average Bonchev–Trinajstić information content (AvgIpc) is 2.32. The van der Waals surface area contributed by atoms with Crippen molar-refractivity contribution in [3.05, 3.63) is 53.7 Å². The molecule has 1 heterocycles. The average molecular weight is 283 g/mol. The van der Waals surface area contributed by atoms with Crippen LogP contribution in [-0.2, 0) is 4.57 Å². The van der Waals surface area contributed by atoms with Crippen LogP contribution in [0, 0.1) is 0 Å². The number of pyridine rings is 1. The first-order valence-electron chi connectivity index (χ1n) is 5.27. The summed E-state index contributed by atoms with van der Waals surface area (Å²) in [4.78, 5) is 4.04. The van der Waals surface area contributed by atoms with Crippen molar-refractivity contribution in [2.24, 2.45) is 0 Å². The molecular weight excluding hydrogens is 271 g/mol. The van der Waals surface area contributed by atoms with Crippen molar-refractivity contribution in [3.8, 4) is 5.75 Å². The number of anilines is 1. The molecule has 0 saturated heterocycles. The summed E-state index contributed by atoms with van der Waals surface area (Å²) >= 11 is 5.76. The van der Waals surface area contributed by atoms with Crippen molar-refractivity contribution in [2.45, 2.75) is 0 Å². The third-order valence-corrected chi connectivity index (χ3v) is 3.52. The Hall–Kier alpha value is -1.51. The Labute approximate surface area is 110 Å². The lowest BCUT2D eigenvalue weighted by molar-refractivity contribution is 0.493. The Kier molecular flexibility index (Phi) is 3.90. The predicted molar refractivity (Wildman–Crippen MR) is 73.5 cm³/mol. The first-order valence-corrected chi connectivity index (χ1v) is 7.72. The highest BCUT2D eigenvalue weighted by Crippen LogP contribution is 2.42. The van der Waals surface area contributed by atoms with E-state index < -0.39 is 7.52 Å². The van der Waals surface area contributed by atoms with Crippen LogP contribution >= 0.6 is 19.1 Å². The van der Waals surface area contributed by atoms with E-state index >= 15 is 0 Å². The van der Waals surface area contributed by atoms with E-state index in [1.807, 2.05) is 0 Å². The molecule has 0 amide bonds. The fraction of sp³-hybridized carbons (Fsp3) is 0.0833. The number of aromatic nitrogens is 1. The van der Waals surface area contributed by atoms with E-state index in [0.29, 0.717) is 16.6 Å². The first kappa shape index (κ1) is 12.9. The van der Waals surface area contributed by atoms with E-state index in [1.165, 1.54) is 6.66 Å². The fourth-order valence-electron chi connectivity index (χ4n) is 1.36. The number of benzene rings is 1. The van der Waals surface area contributed by atoms with E-state index in [4.69, 9.17) is 16.1 Å². The lowest BCUT2D eigenvalue weighted by atomic mass is 10.3. The zero-order chi connectivity index (χ0) is 13.0. The minimum Gasteiger partial charge on any atom is -0.429 e. The molecule has 6 heteroatoms. The number of halogens is 1. The van der Waals surface area contributed by atoms with E-state index in [2.05, 4.69) is 10.1 Å². The van der Waals surface area contributed by atoms with Crippen molar-refractivity contribution in [1.82, 2.24) is 4.98 Å². The second kappa shape index (κ2) is 5.42. The van der Waals surface area contributed by atoms with Gasteiger partial charge in [0.1, 0.15) is 11.6 Å². The lowest BCUT2D eigenvalue weighted by Crippen LogP contribution is -2.03. The van der Waals surface area contributed by atoms with Crippen LogP contribution in [0.3, 0.4) is 0 Å². The Morgan fingerprint density at radius 1 is 1.22 bits per heavy atom. The Balaban J connectivity index is 2.08. The van der Waals surface area contributed by atoms with Crippen LogP contribution in [0.1, 0.15) is 0 Å². The third kappa shape index (κ3) is 3.76. The third-order valence-electron chi connectivity index (χ3n) is 2.08. The van der Waals surface area contributed by atoms with Gasteiger partial charge in [-0.05, 0) is 36.4 Å². The van der Waals surface area contributed by atoms with Crippen LogP contribution in [0.15, 0.2) is 48.7 Å². The maximum Gasteiger partial charge on any atom is 0.339 e. The molecule has 1 N–H and O–H groups in total. The molecule has 4 nitrogen and oxygen atoms in total. The molecule has 0 unspecified atom stereocenters. The molecule has 0 spiro atoms. The van der Waals surface area contributed by atoms with Gasteiger partial charge < -0.3 is 4.52 Å². The lowest BCUT2D eigenvalue weighted by Gasteiger charge is -2.16. The van der Waals surface area contributed by atoms with Gasteiger partial charge in [-0.15, -0.1) is 0 Å². The largest absolute Gasteiger partial charge is 0.429 e. The Morgan fingerprint density at radius 3 is 2.56 bits per heavy atom. The van der Waals surface area contributed by atoms with Crippen LogP contribution in [0.5, 0.6) is 5.75 Å². The molecular formula is C12H12ClN2O2P. The molecule has 0 aliphatic carbocycles. The summed E-state index contributed by atoms with van der Waals surface area (Å²) in [6, 6.07) is 12.0. The number of nitrogens with zero attached hydrogens (tertiary/aromatic N) is 1. The number of nitrogens with one attached hydrogen (secondary N) is 1. The van der Waals surface area contributed by atoms with Crippen molar-refractivity contribution in [2.75, 3.05) is 11.8 Å². The second-order valence-electron chi connectivity index (χ2n) is 3.72. The van der Waals surface area contributed by atoms with Gasteiger partial charge in [0.25, 0.3) is 0 Å². The molecule has 2 rings (SSSR count). The van der Waals surface area contributed by atoms with Crippen LogP contribution in [-0.4, -0.2) is 11.6 Å². The molecule has 94 valence electrons. The highest BCUT2D eigenvalue weighted by Gasteiger charge is 2.17. The minimum atomic E-state index is -3.01. The SMILES string of the molecule is C[P@@](=O)(Nc1ccccn1)Oc1ccc(Cl)cc1. The smallest absolute Gasteiger partial charge is 0.339 e. The standard InChI is InChI=1S/C12H12ClN2O2P/c1-18(16,15-12-4-2-3-9-14-12)17-11-7-5-10(13)6-8-11/h2-9H,1H3,(H,14,15,16)/t18-/m0/s1. The van der Waals surface area contributed by atoms with Crippen LogP contribution in [0.25, 0.3) is 0 Å². The molecule has 1 aromatic carbocycles. The molecule has 18 heavy (non-hydrogen) atoms. The molecule has 0 aliphatic heterocycles. The molecule has 0 fully saturated rings. The van der Waals surface area contributed by atoms with E-state index in [1.54, 1.807) is 48.7 Å². The molecule has 2 aromatic rings. The molecule has 0 saturated carbocycles. The summed E-state index contributed by atoms with van der Waals surface area (Å²) < 4.78 is 17.6.